The average Bonchev–Trinajstić information content (AvgIpc) is 2.90. The van der Waals surface area contributed by atoms with E-state index in [1.54, 1.807) is 0 Å². The Morgan fingerprint density at radius 3 is 1.94 bits per heavy atom. The second kappa shape index (κ2) is 2.64. The standard InChI is InChI=1S/C14H19NO/c1-13(12(8-15)16-13)14-5-9-2-10(6-14)4-11(3-9)7-14/h9-12H,2-7H2,1H3. The lowest BCUT2D eigenvalue weighted by molar-refractivity contribution is -0.0927. The molecule has 0 radical (unpaired) electrons. The van der Waals surface area contributed by atoms with Gasteiger partial charge in [-0.1, -0.05) is 0 Å². The van der Waals surface area contributed by atoms with E-state index < -0.39 is 0 Å². The molecule has 4 saturated carbocycles. The van der Waals surface area contributed by atoms with Gasteiger partial charge in [-0.15, -0.1) is 0 Å². The Hall–Kier alpha value is -0.550. The van der Waals surface area contributed by atoms with Gasteiger partial charge in [0.1, 0.15) is 5.60 Å². The van der Waals surface area contributed by atoms with Crippen molar-refractivity contribution < 1.29 is 4.74 Å². The van der Waals surface area contributed by atoms with E-state index >= 15 is 0 Å². The highest BCUT2D eigenvalue weighted by molar-refractivity contribution is 5.23. The normalized spacial score (nSPS) is 62.0. The maximum absolute atomic E-state index is 9.07. The van der Waals surface area contributed by atoms with Crippen LogP contribution in [-0.4, -0.2) is 11.7 Å². The summed E-state index contributed by atoms with van der Waals surface area (Å²) in [6.07, 6.45) is 8.31. The molecule has 5 fully saturated rings. The number of rotatable bonds is 1. The van der Waals surface area contributed by atoms with Crippen molar-refractivity contribution in [3.63, 3.8) is 0 Å². The van der Waals surface area contributed by atoms with Crippen LogP contribution in [0.5, 0.6) is 0 Å². The van der Waals surface area contributed by atoms with Gasteiger partial charge in [-0.3, -0.25) is 0 Å². The fraction of sp³-hybridized carbons (Fsp3) is 0.929. The van der Waals surface area contributed by atoms with E-state index in [1.165, 1.54) is 38.5 Å². The molecule has 2 atom stereocenters. The molecular weight excluding hydrogens is 198 g/mol. The van der Waals surface area contributed by atoms with Gasteiger partial charge in [0.15, 0.2) is 6.10 Å². The Kier molecular flexibility index (Phi) is 1.57. The van der Waals surface area contributed by atoms with E-state index in [1.807, 2.05) is 0 Å². The molecule has 2 heteroatoms. The molecule has 5 aliphatic rings. The third-order valence-electron chi connectivity index (χ3n) is 6.01. The number of nitriles is 1. The molecule has 16 heavy (non-hydrogen) atoms. The summed E-state index contributed by atoms with van der Waals surface area (Å²) in [5.41, 5.74) is 0.292. The number of hydrogen-bond acceptors (Lipinski definition) is 2. The van der Waals surface area contributed by atoms with Gasteiger partial charge in [0.05, 0.1) is 6.07 Å². The Labute approximate surface area is 97.0 Å². The summed E-state index contributed by atoms with van der Waals surface area (Å²) in [7, 11) is 0. The smallest absolute Gasteiger partial charge is 0.173 e. The fourth-order valence-corrected chi connectivity index (χ4v) is 5.48. The first kappa shape index (κ1) is 9.48. The van der Waals surface area contributed by atoms with Crippen molar-refractivity contribution in [3.8, 4) is 6.07 Å². The molecule has 0 aromatic heterocycles. The van der Waals surface area contributed by atoms with E-state index in [2.05, 4.69) is 13.0 Å². The highest BCUT2D eigenvalue weighted by Gasteiger charge is 2.69. The van der Waals surface area contributed by atoms with E-state index in [4.69, 9.17) is 10.00 Å². The van der Waals surface area contributed by atoms with Gasteiger partial charge in [-0.05, 0) is 63.2 Å². The van der Waals surface area contributed by atoms with Gasteiger partial charge in [0, 0.05) is 5.41 Å². The summed E-state index contributed by atoms with van der Waals surface area (Å²) in [5.74, 6) is 2.85. The largest absolute Gasteiger partial charge is 0.350 e. The first-order valence-electron chi connectivity index (χ1n) is 6.73. The van der Waals surface area contributed by atoms with Crippen LogP contribution in [0.25, 0.3) is 0 Å². The summed E-state index contributed by atoms with van der Waals surface area (Å²) >= 11 is 0. The van der Waals surface area contributed by atoms with Gasteiger partial charge in [0.2, 0.25) is 0 Å². The third-order valence-corrected chi connectivity index (χ3v) is 6.01. The molecule has 86 valence electrons. The van der Waals surface area contributed by atoms with Gasteiger partial charge < -0.3 is 4.74 Å². The van der Waals surface area contributed by atoms with Crippen molar-refractivity contribution >= 4 is 0 Å². The molecule has 1 aliphatic heterocycles. The Morgan fingerprint density at radius 2 is 1.56 bits per heavy atom. The summed E-state index contributed by atoms with van der Waals surface area (Å²) in [6.45, 7) is 2.20. The number of hydrogen-bond donors (Lipinski definition) is 0. The highest BCUT2D eigenvalue weighted by Crippen LogP contribution is 2.68. The lowest BCUT2D eigenvalue weighted by Gasteiger charge is -2.58. The van der Waals surface area contributed by atoms with Crippen LogP contribution in [0.3, 0.4) is 0 Å². The van der Waals surface area contributed by atoms with Crippen molar-refractivity contribution in [2.24, 2.45) is 23.2 Å². The third kappa shape index (κ3) is 0.966. The van der Waals surface area contributed by atoms with Crippen LogP contribution < -0.4 is 0 Å². The zero-order valence-electron chi connectivity index (χ0n) is 9.91. The van der Waals surface area contributed by atoms with Crippen molar-refractivity contribution in [2.45, 2.75) is 57.2 Å². The highest BCUT2D eigenvalue weighted by atomic mass is 16.6. The van der Waals surface area contributed by atoms with Gasteiger partial charge in [-0.25, -0.2) is 0 Å². The van der Waals surface area contributed by atoms with Crippen molar-refractivity contribution in [2.75, 3.05) is 0 Å². The minimum atomic E-state index is -0.108. The minimum Gasteiger partial charge on any atom is -0.350 e. The zero-order valence-corrected chi connectivity index (χ0v) is 9.91. The topological polar surface area (TPSA) is 36.3 Å². The summed E-state index contributed by atoms with van der Waals surface area (Å²) in [4.78, 5) is 0. The zero-order chi connectivity index (χ0) is 11.0. The first-order chi connectivity index (χ1) is 7.65. The molecular formula is C14H19NO. The molecule has 2 unspecified atom stereocenters. The van der Waals surface area contributed by atoms with E-state index in [9.17, 15) is 0 Å². The molecule has 2 nitrogen and oxygen atoms in total. The molecule has 1 heterocycles. The maximum Gasteiger partial charge on any atom is 0.173 e. The lowest BCUT2D eigenvalue weighted by atomic mass is 9.46. The summed E-state index contributed by atoms with van der Waals surface area (Å²) in [5, 5.41) is 9.07. The molecule has 0 N–H and O–H groups in total. The maximum atomic E-state index is 9.07. The second-order valence-corrected chi connectivity index (χ2v) is 6.93. The quantitative estimate of drug-likeness (QED) is 0.633. The second-order valence-electron chi connectivity index (χ2n) is 6.93. The molecule has 5 rings (SSSR count). The summed E-state index contributed by atoms with van der Waals surface area (Å²) in [6, 6.07) is 2.33. The van der Waals surface area contributed by atoms with Crippen molar-refractivity contribution in [1.82, 2.24) is 0 Å². The molecule has 0 amide bonds. The lowest BCUT2D eigenvalue weighted by Crippen LogP contribution is -2.53. The number of nitrogens with zero attached hydrogens (tertiary/aromatic N) is 1. The van der Waals surface area contributed by atoms with Gasteiger partial charge in [0.25, 0.3) is 0 Å². The van der Waals surface area contributed by atoms with Crippen molar-refractivity contribution in [3.05, 3.63) is 0 Å². The van der Waals surface area contributed by atoms with Gasteiger partial charge >= 0.3 is 0 Å². The van der Waals surface area contributed by atoms with Crippen LogP contribution in [0.15, 0.2) is 0 Å². The predicted octanol–water partition coefficient (Wildman–Crippen LogP) is 2.88. The van der Waals surface area contributed by atoms with Crippen LogP contribution in [0.1, 0.15) is 45.4 Å². The van der Waals surface area contributed by atoms with Gasteiger partial charge in [-0.2, -0.15) is 5.26 Å². The van der Waals surface area contributed by atoms with Crippen LogP contribution in [0.4, 0.5) is 0 Å². The van der Waals surface area contributed by atoms with Crippen LogP contribution >= 0.6 is 0 Å². The van der Waals surface area contributed by atoms with Crippen molar-refractivity contribution in [1.29, 1.82) is 5.26 Å². The predicted molar refractivity (Wildman–Crippen MR) is 59.5 cm³/mol. The Bertz CT molecular complexity index is 347. The first-order valence-corrected chi connectivity index (χ1v) is 6.73. The van der Waals surface area contributed by atoms with E-state index in [0.29, 0.717) is 5.41 Å². The molecule has 1 saturated heterocycles. The summed E-state index contributed by atoms with van der Waals surface area (Å²) < 4.78 is 5.78. The average molecular weight is 217 g/mol. The Balaban J connectivity index is 1.70. The number of epoxide rings is 1. The minimum absolute atomic E-state index is 0.0856. The fourth-order valence-electron chi connectivity index (χ4n) is 5.48. The molecule has 4 aliphatic carbocycles. The molecule has 0 aromatic carbocycles. The van der Waals surface area contributed by atoms with Crippen LogP contribution in [-0.2, 0) is 4.74 Å². The monoisotopic (exact) mass is 217 g/mol. The van der Waals surface area contributed by atoms with E-state index in [0.717, 1.165) is 17.8 Å². The molecule has 4 bridgehead atoms. The SMILES string of the molecule is CC1(C23CC4CC(CC(C4)C2)C3)OC1C#N. The Morgan fingerprint density at radius 1 is 1.06 bits per heavy atom. The van der Waals surface area contributed by atoms with Crippen LogP contribution in [0.2, 0.25) is 0 Å². The van der Waals surface area contributed by atoms with Crippen LogP contribution in [0, 0.1) is 34.5 Å². The van der Waals surface area contributed by atoms with E-state index in [-0.39, 0.29) is 11.7 Å². The molecule has 0 aromatic rings. The molecule has 0 spiro atoms. The number of ether oxygens (including phenoxy) is 1.